The van der Waals surface area contributed by atoms with Crippen LogP contribution in [0.3, 0.4) is 0 Å². The monoisotopic (exact) mass is 484 g/mol. The Morgan fingerprint density at radius 2 is 1.69 bits per heavy atom. The van der Waals surface area contributed by atoms with Crippen molar-refractivity contribution in [3.05, 3.63) is 35.4 Å². The van der Waals surface area contributed by atoms with Crippen LogP contribution in [0.5, 0.6) is 0 Å². The fraction of sp³-hybridized carbons (Fsp3) is 0.600. The van der Waals surface area contributed by atoms with E-state index in [2.05, 4.69) is 33.4 Å². The second-order valence-corrected chi connectivity index (χ2v) is 9.74. The van der Waals surface area contributed by atoms with Crippen LogP contribution in [0, 0.1) is 0 Å². The van der Waals surface area contributed by atoms with E-state index in [1.807, 2.05) is 12.1 Å². The predicted molar refractivity (Wildman–Crippen MR) is 131 cm³/mol. The number of hydrogen-bond acceptors (Lipinski definition) is 5. The molecule has 10 heteroatoms. The molecule has 0 bridgehead atoms. The summed E-state index contributed by atoms with van der Waals surface area (Å²) in [6, 6.07) is 5.75. The Morgan fingerprint density at radius 3 is 2.31 bits per heavy atom. The number of amides is 5. The van der Waals surface area contributed by atoms with Gasteiger partial charge in [-0.3, -0.25) is 14.4 Å². The molecule has 190 valence electrons. The molecule has 2 saturated heterocycles. The number of carbonyl (C=O) groups is 4. The summed E-state index contributed by atoms with van der Waals surface area (Å²) in [7, 11) is 3.21. The Bertz CT molecular complexity index is 959. The summed E-state index contributed by atoms with van der Waals surface area (Å²) in [5.74, 6) is -0.785. The number of nitrogens with zero attached hydrogens (tertiary/aromatic N) is 2. The lowest BCUT2D eigenvalue weighted by Crippen LogP contribution is -2.63. The number of urea groups is 1. The molecule has 2 aliphatic heterocycles. The summed E-state index contributed by atoms with van der Waals surface area (Å²) in [5, 5.41) is 11.5. The van der Waals surface area contributed by atoms with Crippen LogP contribution in [0.2, 0.25) is 0 Å². The first kappa shape index (κ1) is 25.0. The standard InChI is InChI=1S/C25H36N6O4/c1-15(26-2)22(32)29-20-14-30(25(35)27-3)11-10-19-8-9-21(31(19)24(20)34)23(33)28-18-12-16-6-4-5-7-17(16)13-18/h4-7,15,18-21,26H,8-14H2,1-3H3,(H,27,35)(H,28,33)(H,29,32)/t15?,19-,20+,21+/m1/s1. The summed E-state index contributed by atoms with van der Waals surface area (Å²) in [6.07, 6.45) is 3.41. The molecule has 0 spiro atoms. The van der Waals surface area contributed by atoms with Gasteiger partial charge in [-0.15, -0.1) is 0 Å². The molecular weight excluding hydrogens is 448 g/mol. The fourth-order valence-electron chi connectivity index (χ4n) is 5.47. The molecule has 5 amide bonds. The summed E-state index contributed by atoms with van der Waals surface area (Å²) in [4.78, 5) is 55.4. The zero-order valence-electron chi connectivity index (χ0n) is 20.7. The lowest BCUT2D eigenvalue weighted by atomic mass is 10.1. The number of benzene rings is 1. The van der Waals surface area contributed by atoms with E-state index in [9.17, 15) is 19.2 Å². The van der Waals surface area contributed by atoms with Crippen LogP contribution in [-0.2, 0) is 27.2 Å². The minimum absolute atomic E-state index is 0.0135. The van der Waals surface area contributed by atoms with Gasteiger partial charge in [0.05, 0.1) is 12.6 Å². The van der Waals surface area contributed by atoms with Crippen molar-refractivity contribution >= 4 is 23.8 Å². The van der Waals surface area contributed by atoms with Crippen molar-refractivity contribution in [1.29, 1.82) is 0 Å². The molecule has 2 fully saturated rings. The lowest BCUT2D eigenvalue weighted by molar-refractivity contribution is -0.145. The Balaban J connectivity index is 1.50. The molecule has 1 aromatic rings. The van der Waals surface area contributed by atoms with E-state index >= 15 is 0 Å². The van der Waals surface area contributed by atoms with Crippen molar-refractivity contribution in [2.75, 3.05) is 27.2 Å². The molecule has 1 unspecified atom stereocenters. The van der Waals surface area contributed by atoms with Gasteiger partial charge in [0.25, 0.3) is 0 Å². The maximum atomic E-state index is 13.8. The van der Waals surface area contributed by atoms with Gasteiger partial charge < -0.3 is 31.1 Å². The van der Waals surface area contributed by atoms with E-state index in [0.29, 0.717) is 25.8 Å². The highest BCUT2D eigenvalue weighted by Gasteiger charge is 2.46. The maximum absolute atomic E-state index is 13.8. The van der Waals surface area contributed by atoms with Gasteiger partial charge in [-0.1, -0.05) is 24.3 Å². The zero-order chi connectivity index (χ0) is 25.1. The molecule has 2 heterocycles. The number of nitrogens with one attached hydrogen (secondary N) is 4. The van der Waals surface area contributed by atoms with Crippen molar-refractivity contribution in [1.82, 2.24) is 31.1 Å². The zero-order valence-corrected chi connectivity index (χ0v) is 20.7. The number of rotatable bonds is 5. The average Bonchev–Trinajstić information content (AvgIpc) is 3.46. The highest BCUT2D eigenvalue weighted by Crippen LogP contribution is 2.30. The van der Waals surface area contributed by atoms with Crippen LogP contribution in [0.4, 0.5) is 4.79 Å². The molecule has 1 aromatic carbocycles. The first-order valence-corrected chi connectivity index (χ1v) is 12.5. The molecule has 4 rings (SSSR count). The van der Waals surface area contributed by atoms with Crippen molar-refractivity contribution in [3.63, 3.8) is 0 Å². The number of fused-ring (bicyclic) bond motifs is 2. The highest BCUT2D eigenvalue weighted by atomic mass is 16.2. The van der Waals surface area contributed by atoms with Crippen molar-refractivity contribution < 1.29 is 19.2 Å². The Kier molecular flexibility index (Phi) is 7.59. The largest absolute Gasteiger partial charge is 0.351 e. The second-order valence-electron chi connectivity index (χ2n) is 9.74. The van der Waals surface area contributed by atoms with Crippen molar-refractivity contribution in [3.8, 4) is 0 Å². The number of carbonyl (C=O) groups excluding carboxylic acids is 4. The topological polar surface area (TPSA) is 123 Å². The van der Waals surface area contributed by atoms with E-state index < -0.39 is 18.1 Å². The molecule has 0 aromatic heterocycles. The smallest absolute Gasteiger partial charge is 0.317 e. The van der Waals surface area contributed by atoms with E-state index in [-0.39, 0.29) is 42.4 Å². The van der Waals surface area contributed by atoms with Gasteiger partial charge in [-0.25, -0.2) is 4.79 Å². The van der Waals surface area contributed by atoms with Crippen LogP contribution < -0.4 is 21.3 Å². The third-order valence-corrected chi connectivity index (χ3v) is 7.53. The summed E-state index contributed by atoms with van der Waals surface area (Å²) < 4.78 is 0. The molecule has 1 aliphatic carbocycles. The average molecular weight is 485 g/mol. The molecular formula is C25H36N6O4. The Labute approximate surface area is 206 Å². The van der Waals surface area contributed by atoms with Gasteiger partial charge in [0, 0.05) is 25.7 Å². The third kappa shape index (κ3) is 5.27. The van der Waals surface area contributed by atoms with Gasteiger partial charge in [0.2, 0.25) is 17.7 Å². The van der Waals surface area contributed by atoms with Crippen LogP contribution in [-0.4, -0.2) is 90.9 Å². The highest BCUT2D eigenvalue weighted by molar-refractivity contribution is 5.94. The molecule has 35 heavy (non-hydrogen) atoms. The third-order valence-electron chi connectivity index (χ3n) is 7.53. The Hall–Kier alpha value is -3.14. The minimum atomic E-state index is -0.928. The van der Waals surface area contributed by atoms with Gasteiger partial charge in [-0.2, -0.15) is 0 Å². The summed E-state index contributed by atoms with van der Waals surface area (Å²) in [5.41, 5.74) is 2.50. The first-order valence-electron chi connectivity index (χ1n) is 12.5. The normalized spacial score (nSPS) is 25.2. The molecule has 4 N–H and O–H groups in total. The molecule has 3 aliphatic rings. The quantitative estimate of drug-likeness (QED) is 0.460. The van der Waals surface area contributed by atoms with Crippen molar-refractivity contribution in [2.45, 2.75) is 69.2 Å². The number of hydrogen-bond donors (Lipinski definition) is 4. The van der Waals surface area contributed by atoms with Gasteiger partial charge >= 0.3 is 6.03 Å². The molecule has 0 saturated carbocycles. The predicted octanol–water partition coefficient (Wildman–Crippen LogP) is -0.233. The molecule has 10 nitrogen and oxygen atoms in total. The molecule has 4 atom stereocenters. The SMILES string of the molecule is CNC(=O)N1CC[C@H]2CC[C@@H](C(=O)NC3Cc4ccccc4C3)N2C(=O)[C@@H](NC(=O)C(C)NC)C1. The van der Waals surface area contributed by atoms with Crippen LogP contribution >= 0.6 is 0 Å². The van der Waals surface area contributed by atoms with E-state index in [1.54, 1.807) is 30.8 Å². The molecule has 0 radical (unpaired) electrons. The van der Waals surface area contributed by atoms with E-state index in [1.165, 1.54) is 11.1 Å². The minimum Gasteiger partial charge on any atom is -0.351 e. The van der Waals surface area contributed by atoms with Gasteiger partial charge in [-0.05, 0) is 57.2 Å². The van der Waals surface area contributed by atoms with E-state index in [0.717, 1.165) is 12.8 Å². The Morgan fingerprint density at radius 1 is 1.00 bits per heavy atom. The summed E-state index contributed by atoms with van der Waals surface area (Å²) in [6.45, 7) is 2.19. The van der Waals surface area contributed by atoms with E-state index in [4.69, 9.17) is 0 Å². The van der Waals surface area contributed by atoms with Crippen LogP contribution in [0.25, 0.3) is 0 Å². The van der Waals surface area contributed by atoms with Gasteiger partial charge in [0.1, 0.15) is 12.1 Å². The number of likely N-dealkylation sites (N-methyl/N-ethyl adjacent to an activating group) is 1. The maximum Gasteiger partial charge on any atom is 0.317 e. The van der Waals surface area contributed by atoms with Crippen LogP contribution in [0.1, 0.15) is 37.3 Å². The lowest BCUT2D eigenvalue weighted by Gasteiger charge is -2.39. The first-order chi connectivity index (χ1) is 16.8. The second kappa shape index (κ2) is 10.6. The summed E-state index contributed by atoms with van der Waals surface area (Å²) >= 11 is 0. The van der Waals surface area contributed by atoms with Crippen LogP contribution in [0.15, 0.2) is 24.3 Å². The van der Waals surface area contributed by atoms with Crippen molar-refractivity contribution in [2.24, 2.45) is 0 Å². The van der Waals surface area contributed by atoms with Gasteiger partial charge in [0.15, 0.2) is 0 Å². The fourth-order valence-corrected chi connectivity index (χ4v) is 5.47.